The molecule has 0 fully saturated rings. The zero-order chi connectivity index (χ0) is 23.2. The predicted octanol–water partition coefficient (Wildman–Crippen LogP) is 3.88. The molecule has 7 heteroatoms. The van der Waals surface area contributed by atoms with Crippen LogP contribution in [0.25, 0.3) is 6.08 Å². The molecule has 168 valence electrons. The Kier molecular flexibility index (Phi) is 7.13. The van der Waals surface area contributed by atoms with Gasteiger partial charge in [-0.3, -0.25) is 0 Å². The van der Waals surface area contributed by atoms with Crippen LogP contribution in [0.15, 0.2) is 83.5 Å². The van der Waals surface area contributed by atoms with Crippen LogP contribution in [0.5, 0.6) is 17.2 Å². The molecular weight excluding hydrogens is 483 g/mol. The number of rotatable bonds is 8. The van der Waals surface area contributed by atoms with Crippen LogP contribution in [0, 0.1) is 0 Å². The first kappa shape index (κ1) is 22.6. The van der Waals surface area contributed by atoms with E-state index in [4.69, 9.17) is 19.2 Å². The van der Waals surface area contributed by atoms with Crippen molar-refractivity contribution in [2.24, 2.45) is 4.99 Å². The Morgan fingerprint density at radius 2 is 1.61 bits per heavy atom. The van der Waals surface area contributed by atoms with Crippen molar-refractivity contribution < 1.29 is 19.0 Å². The first-order valence-electron chi connectivity index (χ1n) is 10.4. The van der Waals surface area contributed by atoms with Crippen molar-refractivity contribution in [1.82, 2.24) is 0 Å². The minimum atomic E-state index is -0.210. The standard InChI is InChI=1S/C26H24N2O4Se/c1-4-32-21-12-8-18(9-13-21)16-24-25(29)28(19-10-14-20(30-2)15-11-19)26(27-24)33-23-7-5-6-22(17-23)31-3/h5-17H,4H2,1-3H3/b24-16-. The summed E-state index contributed by atoms with van der Waals surface area (Å²) in [4.78, 5) is 19.9. The molecule has 0 atom stereocenters. The van der Waals surface area contributed by atoms with E-state index in [1.54, 1.807) is 19.1 Å². The number of carbonyl (C=O) groups is 1. The van der Waals surface area contributed by atoms with Gasteiger partial charge in [0.05, 0.1) is 0 Å². The number of amides is 1. The predicted molar refractivity (Wildman–Crippen MR) is 132 cm³/mol. The molecule has 3 aromatic rings. The van der Waals surface area contributed by atoms with E-state index in [1.807, 2.05) is 85.8 Å². The van der Waals surface area contributed by atoms with Crippen LogP contribution in [0.4, 0.5) is 5.69 Å². The summed E-state index contributed by atoms with van der Waals surface area (Å²) in [5.74, 6) is 2.14. The maximum absolute atomic E-state index is 13.4. The molecule has 0 radical (unpaired) electrons. The SMILES string of the molecule is CCOc1ccc(/C=C2\N=C([Se]c3cccc(OC)c3)N(c3ccc(OC)cc3)C2=O)cc1. The molecule has 3 aromatic carbocycles. The summed E-state index contributed by atoms with van der Waals surface area (Å²) in [5.41, 5.74) is 2.03. The Labute approximate surface area is 199 Å². The number of nitrogens with zero attached hydrogens (tertiary/aromatic N) is 2. The summed E-state index contributed by atoms with van der Waals surface area (Å²) in [6.45, 7) is 2.55. The fourth-order valence-corrected chi connectivity index (χ4v) is 5.28. The van der Waals surface area contributed by atoms with Crippen LogP contribution in [0.3, 0.4) is 0 Å². The van der Waals surface area contributed by atoms with Crippen molar-refractivity contribution in [1.29, 1.82) is 0 Å². The summed E-state index contributed by atoms with van der Waals surface area (Å²) in [6.07, 6.45) is 1.81. The quantitative estimate of drug-likeness (QED) is 0.343. The van der Waals surface area contributed by atoms with E-state index in [9.17, 15) is 4.79 Å². The molecule has 1 aliphatic rings. The number of aliphatic imine (C=N–C) groups is 1. The van der Waals surface area contributed by atoms with Crippen LogP contribution < -0.4 is 23.6 Å². The molecule has 0 N–H and O–H groups in total. The van der Waals surface area contributed by atoms with Gasteiger partial charge in [-0.15, -0.1) is 0 Å². The average Bonchev–Trinajstić information content (AvgIpc) is 3.15. The third kappa shape index (κ3) is 5.27. The summed E-state index contributed by atoms with van der Waals surface area (Å²) >= 11 is -0.210. The third-order valence-corrected chi connectivity index (χ3v) is 6.89. The van der Waals surface area contributed by atoms with Crippen LogP contribution in [0.2, 0.25) is 0 Å². The van der Waals surface area contributed by atoms with E-state index in [0.29, 0.717) is 17.0 Å². The number of ether oxygens (including phenoxy) is 3. The number of hydrogen-bond acceptors (Lipinski definition) is 5. The normalized spacial score (nSPS) is 14.4. The maximum atomic E-state index is 13.4. The van der Waals surface area contributed by atoms with Crippen LogP contribution in [0.1, 0.15) is 12.5 Å². The van der Waals surface area contributed by atoms with Crippen LogP contribution >= 0.6 is 0 Å². The Morgan fingerprint density at radius 1 is 0.909 bits per heavy atom. The first-order chi connectivity index (χ1) is 16.1. The molecule has 1 aliphatic heterocycles. The number of carbonyl (C=O) groups excluding carboxylic acids is 1. The number of methoxy groups -OCH3 is 2. The van der Waals surface area contributed by atoms with E-state index in [1.165, 1.54) is 0 Å². The molecule has 0 saturated heterocycles. The van der Waals surface area contributed by atoms with Gasteiger partial charge < -0.3 is 0 Å². The van der Waals surface area contributed by atoms with Crippen molar-refractivity contribution in [3.05, 3.63) is 84.1 Å². The molecule has 33 heavy (non-hydrogen) atoms. The van der Waals surface area contributed by atoms with E-state index in [-0.39, 0.29) is 20.9 Å². The monoisotopic (exact) mass is 508 g/mol. The summed E-state index contributed by atoms with van der Waals surface area (Å²) < 4.78 is 17.9. The van der Waals surface area contributed by atoms with E-state index < -0.39 is 0 Å². The number of hydrogen-bond donors (Lipinski definition) is 0. The molecule has 0 aliphatic carbocycles. The Hall–Kier alpha value is -3.54. The topological polar surface area (TPSA) is 60.4 Å². The number of anilines is 1. The minimum absolute atomic E-state index is 0.158. The number of benzene rings is 3. The summed E-state index contributed by atoms with van der Waals surface area (Å²) in [7, 11) is 3.26. The molecule has 1 heterocycles. The molecule has 6 nitrogen and oxygen atoms in total. The van der Waals surface area contributed by atoms with Crippen molar-refractivity contribution in [2.75, 3.05) is 25.7 Å². The van der Waals surface area contributed by atoms with Gasteiger partial charge in [-0.25, -0.2) is 0 Å². The van der Waals surface area contributed by atoms with Crippen molar-refractivity contribution >= 4 is 41.8 Å². The average molecular weight is 507 g/mol. The molecule has 0 spiro atoms. The van der Waals surface area contributed by atoms with Gasteiger partial charge in [0.15, 0.2) is 0 Å². The van der Waals surface area contributed by atoms with Gasteiger partial charge in [0.25, 0.3) is 0 Å². The van der Waals surface area contributed by atoms with Gasteiger partial charge in [-0.1, -0.05) is 0 Å². The molecule has 4 rings (SSSR count). The Morgan fingerprint density at radius 3 is 2.27 bits per heavy atom. The van der Waals surface area contributed by atoms with E-state index in [2.05, 4.69) is 0 Å². The van der Waals surface area contributed by atoms with E-state index in [0.717, 1.165) is 33.0 Å². The van der Waals surface area contributed by atoms with Crippen LogP contribution in [-0.2, 0) is 4.79 Å². The fraction of sp³-hybridized carbons (Fsp3) is 0.154. The third-order valence-electron chi connectivity index (χ3n) is 4.91. The van der Waals surface area contributed by atoms with Gasteiger partial charge in [0, 0.05) is 0 Å². The molecule has 0 unspecified atom stereocenters. The molecule has 1 amide bonds. The summed E-state index contributed by atoms with van der Waals surface area (Å²) in [5, 5.41) is 0. The molecular formula is C26H24N2O4Se. The van der Waals surface area contributed by atoms with Gasteiger partial charge in [0.1, 0.15) is 0 Å². The molecule has 0 bridgehead atoms. The van der Waals surface area contributed by atoms with Gasteiger partial charge in [0.2, 0.25) is 0 Å². The zero-order valence-corrected chi connectivity index (χ0v) is 20.4. The molecule has 0 aromatic heterocycles. The Bertz CT molecular complexity index is 1190. The van der Waals surface area contributed by atoms with Crippen LogP contribution in [-0.4, -0.2) is 46.4 Å². The zero-order valence-electron chi connectivity index (χ0n) is 18.6. The van der Waals surface area contributed by atoms with Crippen molar-refractivity contribution in [2.45, 2.75) is 6.92 Å². The second-order valence-electron chi connectivity index (χ2n) is 7.05. The Balaban J connectivity index is 1.69. The van der Waals surface area contributed by atoms with E-state index >= 15 is 0 Å². The van der Waals surface area contributed by atoms with Gasteiger partial charge in [-0.2, -0.15) is 0 Å². The van der Waals surface area contributed by atoms with Gasteiger partial charge in [-0.05, 0) is 0 Å². The number of amidine groups is 1. The van der Waals surface area contributed by atoms with Gasteiger partial charge >= 0.3 is 200 Å². The van der Waals surface area contributed by atoms with Crippen molar-refractivity contribution in [3.8, 4) is 17.2 Å². The van der Waals surface area contributed by atoms with Crippen molar-refractivity contribution in [3.63, 3.8) is 0 Å². The fourth-order valence-electron chi connectivity index (χ4n) is 3.28. The second kappa shape index (κ2) is 10.4. The first-order valence-corrected chi connectivity index (χ1v) is 12.2. The second-order valence-corrected chi connectivity index (χ2v) is 9.23. The summed E-state index contributed by atoms with van der Waals surface area (Å²) in [6, 6.07) is 22.9. The molecule has 0 saturated carbocycles.